The van der Waals surface area contributed by atoms with Crippen LogP contribution in [-0.4, -0.2) is 27.9 Å². The first-order valence-electron chi connectivity index (χ1n) is 8.03. The van der Waals surface area contributed by atoms with Crippen molar-refractivity contribution in [1.29, 1.82) is 0 Å². The highest BCUT2D eigenvalue weighted by molar-refractivity contribution is 9.10. The van der Waals surface area contributed by atoms with Crippen LogP contribution in [0.1, 0.15) is 27.3 Å². The fourth-order valence-electron chi connectivity index (χ4n) is 2.39. The summed E-state index contributed by atoms with van der Waals surface area (Å²) >= 11 is 3.16. The molecular weight excluding hydrogens is 400 g/mol. The first kappa shape index (κ1) is 17.9. The number of benzene rings is 1. The standard InChI is InChI=1S/C18H17BrN4O3/c19-16-7-6-15(26-16)18(25)22-14-5-2-1-4-13(14)17(24)21-8-3-10-23-11-9-20-12-23/h1-2,4-7,9,11-12H,3,8,10H2,(H,21,24)(H,22,25). The Kier molecular flexibility index (Phi) is 5.85. The monoisotopic (exact) mass is 416 g/mol. The van der Waals surface area contributed by atoms with E-state index in [0.29, 0.717) is 22.5 Å². The van der Waals surface area contributed by atoms with Gasteiger partial charge in [-0.3, -0.25) is 9.59 Å². The summed E-state index contributed by atoms with van der Waals surface area (Å²) in [5, 5.41) is 5.57. The van der Waals surface area contributed by atoms with Crippen molar-refractivity contribution in [2.75, 3.05) is 11.9 Å². The van der Waals surface area contributed by atoms with Crippen LogP contribution >= 0.6 is 15.9 Å². The predicted molar refractivity (Wildman–Crippen MR) is 100.0 cm³/mol. The molecular formula is C18H17BrN4O3. The van der Waals surface area contributed by atoms with Crippen LogP contribution in [0.5, 0.6) is 0 Å². The van der Waals surface area contributed by atoms with Crippen LogP contribution < -0.4 is 10.6 Å². The van der Waals surface area contributed by atoms with Gasteiger partial charge >= 0.3 is 0 Å². The van der Waals surface area contributed by atoms with E-state index in [4.69, 9.17) is 4.42 Å². The minimum absolute atomic E-state index is 0.160. The molecule has 0 saturated heterocycles. The third kappa shape index (κ3) is 4.60. The molecule has 0 radical (unpaired) electrons. The normalized spacial score (nSPS) is 10.5. The Labute approximate surface area is 158 Å². The molecule has 2 heterocycles. The SMILES string of the molecule is O=C(Nc1ccccc1C(=O)NCCCn1ccnc1)c1ccc(Br)o1. The van der Waals surface area contributed by atoms with Crippen LogP contribution in [0.25, 0.3) is 0 Å². The summed E-state index contributed by atoms with van der Waals surface area (Å²) < 4.78 is 7.64. The van der Waals surface area contributed by atoms with E-state index in [1.165, 1.54) is 0 Å². The zero-order chi connectivity index (χ0) is 18.4. The number of amides is 2. The number of carbonyl (C=O) groups excluding carboxylic acids is 2. The number of hydrogen-bond acceptors (Lipinski definition) is 4. The van der Waals surface area contributed by atoms with Gasteiger partial charge in [0.15, 0.2) is 10.4 Å². The number of furan rings is 1. The van der Waals surface area contributed by atoms with Crippen molar-refractivity contribution in [3.8, 4) is 0 Å². The quantitative estimate of drug-likeness (QED) is 0.578. The number of anilines is 1. The number of nitrogens with one attached hydrogen (secondary N) is 2. The van der Waals surface area contributed by atoms with Crippen LogP contribution in [-0.2, 0) is 6.54 Å². The maximum Gasteiger partial charge on any atom is 0.291 e. The molecule has 8 heteroatoms. The Bertz CT molecular complexity index is 889. The zero-order valence-electron chi connectivity index (χ0n) is 13.8. The third-order valence-corrected chi connectivity index (χ3v) is 4.08. The van der Waals surface area contributed by atoms with Gasteiger partial charge in [0.25, 0.3) is 11.8 Å². The fourth-order valence-corrected chi connectivity index (χ4v) is 2.69. The highest BCUT2D eigenvalue weighted by atomic mass is 79.9. The van der Waals surface area contributed by atoms with E-state index in [9.17, 15) is 9.59 Å². The summed E-state index contributed by atoms with van der Waals surface area (Å²) in [6.45, 7) is 1.29. The number of hydrogen-bond donors (Lipinski definition) is 2. The molecule has 134 valence electrons. The lowest BCUT2D eigenvalue weighted by Crippen LogP contribution is -2.26. The van der Waals surface area contributed by atoms with Crippen molar-refractivity contribution in [3.05, 3.63) is 71.1 Å². The van der Waals surface area contributed by atoms with Crippen molar-refractivity contribution in [1.82, 2.24) is 14.9 Å². The second-order valence-corrected chi connectivity index (χ2v) is 6.30. The number of imidazole rings is 1. The molecule has 2 aromatic heterocycles. The Balaban J connectivity index is 1.58. The molecule has 0 aliphatic rings. The number of nitrogens with zero attached hydrogens (tertiary/aromatic N) is 2. The lowest BCUT2D eigenvalue weighted by molar-refractivity contribution is 0.0953. The molecule has 0 atom stereocenters. The second-order valence-electron chi connectivity index (χ2n) is 5.51. The number of rotatable bonds is 7. The van der Waals surface area contributed by atoms with Gasteiger partial charge in [0.1, 0.15) is 0 Å². The van der Waals surface area contributed by atoms with Crippen molar-refractivity contribution in [2.24, 2.45) is 0 Å². The number of halogens is 1. The van der Waals surface area contributed by atoms with E-state index < -0.39 is 5.91 Å². The molecule has 2 N–H and O–H groups in total. The highest BCUT2D eigenvalue weighted by Gasteiger charge is 2.15. The van der Waals surface area contributed by atoms with E-state index >= 15 is 0 Å². The molecule has 3 rings (SSSR count). The predicted octanol–water partition coefficient (Wildman–Crippen LogP) is 3.31. The van der Waals surface area contributed by atoms with E-state index in [2.05, 4.69) is 31.5 Å². The Morgan fingerprint density at radius 3 is 2.73 bits per heavy atom. The lowest BCUT2D eigenvalue weighted by Gasteiger charge is -2.11. The molecule has 0 spiro atoms. The molecule has 0 bridgehead atoms. The minimum atomic E-state index is -0.420. The van der Waals surface area contributed by atoms with Crippen LogP contribution in [0.15, 0.2) is 64.2 Å². The molecule has 2 amide bonds. The van der Waals surface area contributed by atoms with E-state index in [1.54, 1.807) is 48.9 Å². The average molecular weight is 417 g/mol. The lowest BCUT2D eigenvalue weighted by atomic mass is 10.1. The molecule has 7 nitrogen and oxygen atoms in total. The molecule has 0 unspecified atom stereocenters. The zero-order valence-corrected chi connectivity index (χ0v) is 15.4. The van der Waals surface area contributed by atoms with Crippen molar-refractivity contribution < 1.29 is 14.0 Å². The van der Waals surface area contributed by atoms with E-state index in [-0.39, 0.29) is 11.7 Å². The van der Waals surface area contributed by atoms with Crippen molar-refractivity contribution in [3.63, 3.8) is 0 Å². The van der Waals surface area contributed by atoms with Gasteiger partial charge in [-0.25, -0.2) is 4.98 Å². The summed E-state index contributed by atoms with van der Waals surface area (Å²) in [6, 6.07) is 10.0. The summed E-state index contributed by atoms with van der Waals surface area (Å²) in [5.41, 5.74) is 0.825. The maximum atomic E-state index is 12.4. The van der Waals surface area contributed by atoms with Crippen LogP contribution in [0, 0.1) is 0 Å². The van der Waals surface area contributed by atoms with Gasteiger partial charge < -0.3 is 19.6 Å². The molecule has 1 aromatic carbocycles. The summed E-state index contributed by atoms with van der Waals surface area (Å²) in [7, 11) is 0. The topological polar surface area (TPSA) is 89.2 Å². The molecule has 26 heavy (non-hydrogen) atoms. The third-order valence-electron chi connectivity index (χ3n) is 3.65. The summed E-state index contributed by atoms with van der Waals surface area (Å²) in [5.74, 6) is -0.504. The first-order valence-corrected chi connectivity index (χ1v) is 8.82. The van der Waals surface area contributed by atoms with Gasteiger partial charge in [-0.15, -0.1) is 0 Å². The second kappa shape index (κ2) is 8.48. The van der Waals surface area contributed by atoms with Gasteiger partial charge in [-0.2, -0.15) is 0 Å². The Morgan fingerprint density at radius 2 is 2.00 bits per heavy atom. The van der Waals surface area contributed by atoms with E-state index in [0.717, 1.165) is 13.0 Å². The van der Waals surface area contributed by atoms with Crippen molar-refractivity contribution in [2.45, 2.75) is 13.0 Å². The van der Waals surface area contributed by atoms with Crippen molar-refractivity contribution >= 4 is 33.4 Å². The number of aromatic nitrogens is 2. The maximum absolute atomic E-state index is 12.4. The first-order chi connectivity index (χ1) is 12.6. The molecule has 0 aliphatic carbocycles. The molecule has 0 fully saturated rings. The number of carbonyl (C=O) groups is 2. The van der Waals surface area contributed by atoms with E-state index in [1.807, 2.05) is 10.8 Å². The number of para-hydroxylation sites is 1. The average Bonchev–Trinajstić information content (AvgIpc) is 3.30. The molecule has 0 aliphatic heterocycles. The summed E-state index contributed by atoms with van der Waals surface area (Å²) in [6.07, 6.45) is 6.10. The number of aryl methyl sites for hydroxylation is 1. The Morgan fingerprint density at radius 1 is 1.15 bits per heavy atom. The summed E-state index contributed by atoms with van der Waals surface area (Å²) in [4.78, 5) is 28.6. The van der Waals surface area contributed by atoms with Crippen LogP contribution in [0.4, 0.5) is 5.69 Å². The van der Waals surface area contributed by atoms with Crippen LogP contribution in [0.3, 0.4) is 0 Å². The van der Waals surface area contributed by atoms with Crippen LogP contribution in [0.2, 0.25) is 0 Å². The van der Waals surface area contributed by atoms with Gasteiger partial charge in [-0.1, -0.05) is 12.1 Å². The highest BCUT2D eigenvalue weighted by Crippen LogP contribution is 2.19. The van der Waals surface area contributed by atoms with Gasteiger partial charge in [0.05, 0.1) is 17.6 Å². The van der Waals surface area contributed by atoms with Gasteiger partial charge in [0, 0.05) is 25.5 Å². The minimum Gasteiger partial charge on any atom is -0.444 e. The Hall–Kier alpha value is -2.87. The molecule has 0 saturated carbocycles. The fraction of sp³-hybridized carbons (Fsp3) is 0.167. The smallest absolute Gasteiger partial charge is 0.291 e. The largest absolute Gasteiger partial charge is 0.444 e. The molecule has 3 aromatic rings. The van der Waals surface area contributed by atoms with Gasteiger partial charge in [-0.05, 0) is 46.6 Å². The van der Waals surface area contributed by atoms with Gasteiger partial charge in [0.2, 0.25) is 0 Å².